The van der Waals surface area contributed by atoms with Gasteiger partial charge in [0.25, 0.3) is 5.91 Å². The van der Waals surface area contributed by atoms with Crippen molar-refractivity contribution in [2.75, 3.05) is 18.4 Å². The fourth-order valence-corrected chi connectivity index (χ4v) is 6.57. The van der Waals surface area contributed by atoms with Gasteiger partial charge in [0.1, 0.15) is 27.9 Å². The van der Waals surface area contributed by atoms with E-state index in [0.717, 1.165) is 17.8 Å². The monoisotopic (exact) mass is 602 g/mol. The first-order valence-electron chi connectivity index (χ1n) is 13.0. The van der Waals surface area contributed by atoms with Crippen molar-refractivity contribution in [3.8, 4) is 0 Å². The number of piperidine rings is 1. The highest BCUT2D eigenvalue weighted by atomic mass is 35.5. The molecule has 1 aliphatic rings. The molecule has 0 saturated carbocycles. The third-order valence-corrected chi connectivity index (χ3v) is 8.82. The van der Waals surface area contributed by atoms with E-state index in [-0.39, 0.29) is 50.3 Å². The van der Waals surface area contributed by atoms with Crippen LogP contribution in [-0.4, -0.2) is 52.5 Å². The van der Waals surface area contributed by atoms with E-state index >= 15 is 0 Å². The van der Waals surface area contributed by atoms with Crippen LogP contribution in [-0.2, 0) is 10.0 Å². The molecule has 0 aliphatic carbocycles. The highest BCUT2D eigenvalue weighted by molar-refractivity contribution is 7.89. The third kappa shape index (κ3) is 6.19. The molecule has 0 radical (unpaired) electrons. The Kier molecular flexibility index (Phi) is 7.75. The van der Waals surface area contributed by atoms with Crippen molar-refractivity contribution in [3.63, 3.8) is 0 Å². The second-order valence-corrected chi connectivity index (χ2v) is 13.0. The molecule has 1 amide bonds. The largest absolute Gasteiger partial charge is 0.338 e. The molecule has 0 unspecified atom stereocenters. The van der Waals surface area contributed by atoms with Crippen LogP contribution in [0.25, 0.3) is 5.65 Å². The first kappa shape index (κ1) is 28.9. The van der Waals surface area contributed by atoms with Crippen LogP contribution in [0.3, 0.4) is 0 Å². The molecule has 1 saturated heterocycles. The molecule has 1 aliphatic heterocycles. The zero-order chi connectivity index (χ0) is 29.5. The van der Waals surface area contributed by atoms with E-state index in [9.17, 15) is 22.0 Å². The minimum atomic E-state index is -4.01. The van der Waals surface area contributed by atoms with Gasteiger partial charge in [-0.2, -0.15) is 9.61 Å². The number of halogens is 3. The number of nitrogens with zero attached hydrogens (tertiary/aromatic N) is 4. The van der Waals surface area contributed by atoms with Crippen molar-refractivity contribution >= 4 is 44.7 Å². The van der Waals surface area contributed by atoms with E-state index in [0.29, 0.717) is 25.9 Å². The second-order valence-electron chi connectivity index (χ2n) is 11.0. The summed E-state index contributed by atoms with van der Waals surface area (Å²) in [6, 6.07) is 10.1. The molecule has 0 atom stereocenters. The Morgan fingerprint density at radius 1 is 1.02 bits per heavy atom. The molecule has 1 fully saturated rings. The summed E-state index contributed by atoms with van der Waals surface area (Å²) in [4.78, 5) is 19.6. The van der Waals surface area contributed by atoms with E-state index < -0.39 is 21.4 Å². The predicted octanol–water partition coefficient (Wildman–Crippen LogP) is 5.50. The van der Waals surface area contributed by atoms with Crippen LogP contribution in [0.4, 0.5) is 20.3 Å². The van der Waals surface area contributed by atoms with Gasteiger partial charge >= 0.3 is 0 Å². The van der Waals surface area contributed by atoms with Crippen LogP contribution in [0.15, 0.2) is 59.8 Å². The van der Waals surface area contributed by atoms with Crippen LogP contribution < -0.4 is 10.0 Å². The van der Waals surface area contributed by atoms with Crippen molar-refractivity contribution in [1.82, 2.24) is 24.2 Å². The summed E-state index contributed by atoms with van der Waals surface area (Å²) in [6.45, 7) is 6.03. The van der Waals surface area contributed by atoms with E-state index in [2.05, 4.69) is 20.1 Å². The number of benzene rings is 2. The Morgan fingerprint density at radius 3 is 2.32 bits per heavy atom. The van der Waals surface area contributed by atoms with E-state index in [1.165, 1.54) is 35.0 Å². The number of carbonyl (C=O) groups excluding carboxylic acids is 1. The minimum absolute atomic E-state index is 0.00551. The number of carbonyl (C=O) groups is 1. The molecule has 216 valence electrons. The van der Waals surface area contributed by atoms with Crippen LogP contribution in [0.1, 0.15) is 55.5 Å². The number of anilines is 2. The van der Waals surface area contributed by atoms with Gasteiger partial charge in [-0.05, 0) is 75.4 Å². The number of fused-ring (bicyclic) bond motifs is 1. The number of hydrogen-bond donors (Lipinski definition) is 2. The summed E-state index contributed by atoms with van der Waals surface area (Å²) in [5, 5.41) is 7.37. The Balaban J connectivity index is 1.51. The Labute approximate surface area is 241 Å². The number of sulfonamides is 1. The summed E-state index contributed by atoms with van der Waals surface area (Å²) < 4.78 is 57.2. The Bertz CT molecular complexity index is 1710. The first-order valence-corrected chi connectivity index (χ1v) is 14.9. The zero-order valence-corrected chi connectivity index (χ0v) is 24.2. The summed E-state index contributed by atoms with van der Waals surface area (Å²) in [7, 11) is -4.01. The highest BCUT2D eigenvalue weighted by Crippen LogP contribution is 2.32. The van der Waals surface area contributed by atoms with Crippen molar-refractivity contribution in [1.29, 1.82) is 0 Å². The van der Waals surface area contributed by atoms with Crippen LogP contribution in [0.5, 0.6) is 0 Å². The van der Waals surface area contributed by atoms with Gasteiger partial charge in [0.15, 0.2) is 5.65 Å². The van der Waals surface area contributed by atoms with Gasteiger partial charge in [-0.15, -0.1) is 0 Å². The number of likely N-dealkylation sites (tertiary alicyclic amines) is 1. The summed E-state index contributed by atoms with van der Waals surface area (Å²) >= 11 is 6.27. The molecule has 3 heterocycles. The van der Waals surface area contributed by atoms with Gasteiger partial charge in [0, 0.05) is 24.8 Å². The zero-order valence-electron chi connectivity index (χ0n) is 22.7. The third-order valence-electron chi connectivity index (χ3n) is 6.76. The molecule has 13 heteroatoms. The number of amides is 1. The quantitative estimate of drug-likeness (QED) is 0.302. The lowest BCUT2D eigenvalue weighted by Crippen LogP contribution is -2.40. The molecule has 0 bridgehead atoms. The van der Waals surface area contributed by atoms with Gasteiger partial charge in [0.05, 0.1) is 16.9 Å². The molecule has 41 heavy (non-hydrogen) atoms. The fraction of sp³-hybridized carbons (Fsp3) is 0.321. The molecule has 2 aromatic heterocycles. The van der Waals surface area contributed by atoms with Gasteiger partial charge in [-0.3, -0.25) is 4.79 Å². The summed E-state index contributed by atoms with van der Waals surface area (Å²) in [6.07, 6.45) is 3.84. The number of nitrogens with one attached hydrogen (secondary N) is 2. The van der Waals surface area contributed by atoms with Crippen LogP contribution >= 0.6 is 11.6 Å². The highest BCUT2D eigenvalue weighted by Gasteiger charge is 2.31. The van der Waals surface area contributed by atoms with Crippen molar-refractivity contribution in [2.24, 2.45) is 0 Å². The predicted molar refractivity (Wildman–Crippen MR) is 152 cm³/mol. The molecule has 2 aromatic carbocycles. The van der Waals surface area contributed by atoms with E-state index in [4.69, 9.17) is 11.6 Å². The van der Waals surface area contributed by atoms with Gasteiger partial charge in [0.2, 0.25) is 10.0 Å². The SMILES string of the molecule is CC(C)(C)NS(=O)(=O)c1cnn2c(Nc3ccc(F)cc3Cl)c(C(=O)N3CCC(c4ccc(F)cc4)CC3)cnc12. The van der Waals surface area contributed by atoms with Gasteiger partial charge in [-0.1, -0.05) is 23.7 Å². The lowest BCUT2D eigenvalue weighted by molar-refractivity contribution is 0.0713. The molecule has 0 spiro atoms. The number of hydrogen-bond acceptors (Lipinski definition) is 6. The average molecular weight is 603 g/mol. The molecule has 4 aromatic rings. The average Bonchev–Trinajstić information content (AvgIpc) is 3.35. The summed E-state index contributed by atoms with van der Waals surface area (Å²) in [5.41, 5.74) is 0.676. The van der Waals surface area contributed by atoms with E-state index in [1.807, 2.05) is 0 Å². The minimum Gasteiger partial charge on any atom is -0.338 e. The van der Waals surface area contributed by atoms with Crippen LogP contribution in [0.2, 0.25) is 5.02 Å². The maximum Gasteiger partial charge on any atom is 0.259 e. The lowest BCUT2D eigenvalue weighted by Gasteiger charge is -2.32. The first-order chi connectivity index (χ1) is 19.3. The normalized spacial score (nSPS) is 14.9. The number of rotatable bonds is 6. The van der Waals surface area contributed by atoms with Crippen molar-refractivity contribution in [2.45, 2.75) is 50.0 Å². The summed E-state index contributed by atoms with van der Waals surface area (Å²) in [5.74, 6) is -0.863. The molecule has 9 nitrogen and oxygen atoms in total. The molecule has 2 N–H and O–H groups in total. The Hall–Kier alpha value is -3.61. The van der Waals surface area contributed by atoms with Crippen LogP contribution in [0, 0.1) is 11.6 Å². The maximum atomic E-state index is 13.8. The number of aromatic nitrogens is 3. The molecular formula is C28H29ClF2N6O3S. The van der Waals surface area contributed by atoms with Gasteiger partial charge < -0.3 is 10.2 Å². The Morgan fingerprint density at radius 2 is 1.68 bits per heavy atom. The van der Waals surface area contributed by atoms with Gasteiger partial charge in [-0.25, -0.2) is 26.9 Å². The van der Waals surface area contributed by atoms with Crippen molar-refractivity contribution in [3.05, 3.63) is 82.6 Å². The van der Waals surface area contributed by atoms with E-state index in [1.54, 1.807) is 37.8 Å². The lowest BCUT2D eigenvalue weighted by atomic mass is 9.89. The van der Waals surface area contributed by atoms with Crippen molar-refractivity contribution < 1.29 is 22.0 Å². The topological polar surface area (TPSA) is 109 Å². The standard InChI is InChI=1S/C28H29ClF2N6O3S/c1-28(2,3)35-41(39,40)24-16-33-37-25(34-23-9-8-20(31)14-22(23)29)21(15-32-26(24)37)27(38)36-12-10-18(11-13-36)17-4-6-19(30)7-5-17/h4-9,14-16,18,34-35H,10-13H2,1-3H3. The molecular weight excluding hydrogens is 574 g/mol. The second kappa shape index (κ2) is 11.0. The smallest absolute Gasteiger partial charge is 0.259 e. The maximum absolute atomic E-state index is 13.8. The molecule has 5 rings (SSSR count). The fourth-order valence-electron chi connectivity index (χ4n) is 4.87.